The first-order valence-corrected chi connectivity index (χ1v) is 8.67. The molecule has 0 heterocycles. The SMILES string of the molecule is COc1cc(C)c(Br)cc1C(Br)Cc1cc(C)ccc1C. The smallest absolute Gasteiger partial charge is 0.123 e. The Morgan fingerprint density at radius 2 is 1.76 bits per heavy atom. The van der Waals surface area contributed by atoms with Crippen molar-refractivity contribution in [1.29, 1.82) is 0 Å². The zero-order chi connectivity index (χ0) is 15.6. The maximum absolute atomic E-state index is 5.54. The van der Waals surface area contributed by atoms with Gasteiger partial charge in [-0.2, -0.15) is 0 Å². The van der Waals surface area contributed by atoms with Crippen LogP contribution >= 0.6 is 31.9 Å². The van der Waals surface area contributed by atoms with E-state index in [0.717, 1.165) is 16.6 Å². The molecule has 0 radical (unpaired) electrons. The number of benzene rings is 2. The molecule has 0 saturated carbocycles. The van der Waals surface area contributed by atoms with Gasteiger partial charge < -0.3 is 4.74 Å². The van der Waals surface area contributed by atoms with Crippen LogP contribution < -0.4 is 4.74 Å². The third-order valence-electron chi connectivity index (χ3n) is 3.75. The first kappa shape index (κ1) is 16.6. The molecule has 112 valence electrons. The zero-order valence-corrected chi connectivity index (χ0v) is 16.0. The van der Waals surface area contributed by atoms with Gasteiger partial charge in [-0.15, -0.1) is 0 Å². The fourth-order valence-corrected chi connectivity index (χ4v) is 3.48. The van der Waals surface area contributed by atoms with Crippen molar-refractivity contribution < 1.29 is 4.74 Å². The Hall–Kier alpha value is -0.800. The Kier molecular flexibility index (Phi) is 5.50. The molecule has 2 aromatic rings. The van der Waals surface area contributed by atoms with Crippen LogP contribution in [0.1, 0.15) is 32.6 Å². The summed E-state index contributed by atoms with van der Waals surface area (Å²) < 4.78 is 6.66. The fraction of sp³-hybridized carbons (Fsp3) is 0.333. The second-order valence-corrected chi connectivity index (χ2v) is 7.40. The number of ether oxygens (including phenoxy) is 1. The van der Waals surface area contributed by atoms with Crippen LogP contribution in [0, 0.1) is 20.8 Å². The predicted octanol–water partition coefficient (Wildman–Crippen LogP) is 6.06. The standard InChI is InChI=1S/C18H20Br2O/c1-11-5-6-12(2)14(7-11)9-17(20)15-10-16(19)13(3)8-18(15)21-4/h5-8,10,17H,9H2,1-4H3. The normalized spacial score (nSPS) is 12.3. The van der Waals surface area contributed by atoms with Gasteiger partial charge in [-0.25, -0.2) is 0 Å². The molecule has 1 unspecified atom stereocenters. The Morgan fingerprint density at radius 1 is 1.05 bits per heavy atom. The summed E-state index contributed by atoms with van der Waals surface area (Å²) in [7, 11) is 1.73. The van der Waals surface area contributed by atoms with E-state index in [2.05, 4.69) is 83.0 Å². The maximum atomic E-state index is 5.54. The molecule has 1 nitrogen and oxygen atoms in total. The van der Waals surface area contributed by atoms with Crippen molar-refractivity contribution in [3.05, 3.63) is 62.6 Å². The monoisotopic (exact) mass is 410 g/mol. The van der Waals surface area contributed by atoms with E-state index >= 15 is 0 Å². The van der Waals surface area contributed by atoms with Crippen molar-refractivity contribution in [3.8, 4) is 5.75 Å². The molecular weight excluding hydrogens is 392 g/mol. The van der Waals surface area contributed by atoms with Crippen LogP contribution in [0.4, 0.5) is 0 Å². The molecule has 0 fully saturated rings. The minimum absolute atomic E-state index is 0.227. The van der Waals surface area contributed by atoms with Crippen molar-refractivity contribution >= 4 is 31.9 Å². The zero-order valence-electron chi connectivity index (χ0n) is 12.8. The fourth-order valence-electron chi connectivity index (χ4n) is 2.42. The van der Waals surface area contributed by atoms with Crippen molar-refractivity contribution in [1.82, 2.24) is 0 Å². The Bertz CT molecular complexity index is 650. The first-order chi connectivity index (χ1) is 9.92. The molecule has 21 heavy (non-hydrogen) atoms. The number of alkyl halides is 1. The van der Waals surface area contributed by atoms with Crippen LogP contribution in [-0.2, 0) is 6.42 Å². The number of hydrogen-bond acceptors (Lipinski definition) is 1. The Morgan fingerprint density at radius 3 is 2.43 bits per heavy atom. The van der Waals surface area contributed by atoms with Crippen molar-refractivity contribution in [2.24, 2.45) is 0 Å². The van der Waals surface area contributed by atoms with Crippen LogP contribution in [0.2, 0.25) is 0 Å². The summed E-state index contributed by atoms with van der Waals surface area (Å²) in [4.78, 5) is 0.227. The van der Waals surface area contributed by atoms with Crippen LogP contribution in [0.5, 0.6) is 5.75 Å². The van der Waals surface area contributed by atoms with Crippen molar-refractivity contribution in [2.75, 3.05) is 7.11 Å². The lowest BCUT2D eigenvalue weighted by Gasteiger charge is -2.17. The molecule has 0 saturated heterocycles. The van der Waals surface area contributed by atoms with Crippen molar-refractivity contribution in [3.63, 3.8) is 0 Å². The molecule has 0 aliphatic carbocycles. The van der Waals surface area contributed by atoms with Crippen LogP contribution in [-0.4, -0.2) is 7.11 Å². The van der Waals surface area contributed by atoms with E-state index in [1.165, 1.54) is 27.8 Å². The summed E-state index contributed by atoms with van der Waals surface area (Å²) in [5.41, 5.74) is 6.36. The van der Waals surface area contributed by atoms with Gasteiger partial charge in [-0.05, 0) is 56.0 Å². The lowest BCUT2D eigenvalue weighted by atomic mass is 9.97. The molecule has 2 aromatic carbocycles. The van der Waals surface area contributed by atoms with E-state index in [4.69, 9.17) is 4.74 Å². The maximum Gasteiger partial charge on any atom is 0.123 e. The highest BCUT2D eigenvalue weighted by molar-refractivity contribution is 9.10. The average molecular weight is 412 g/mol. The minimum Gasteiger partial charge on any atom is -0.496 e. The van der Waals surface area contributed by atoms with Gasteiger partial charge in [0.25, 0.3) is 0 Å². The van der Waals surface area contributed by atoms with Gasteiger partial charge in [-0.1, -0.05) is 55.6 Å². The topological polar surface area (TPSA) is 9.23 Å². The van der Waals surface area contributed by atoms with E-state index in [1.807, 2.05) is 0 Å². The number of halogens is 2. The molecule has 0 aliphatic heterocycles. The summed E-state index contributed by atoms with van der Waals surface area (Å²) >= 11 is 7.44. The molecule has 0 amide bonds. The van der Waals surface area contributed by atoms with Gasteiger partial charge in [0, 0.05) is 14.9 Å². The molecular formula is C18H20Br2O. The van der Waals surface area contributed by atoms with E-state index in [-0.39, 0.29) is 4.83 Å². The molecule has 1 atom stereocenters. The third-order valence-corrected chi connectivity index (χ3v) is 5.42. The lowest BCUT2D eigenvalue weighted by molar-refractivity contribution is 0.409. The lowest BCUT2D eigenvalue weighted by Crippen LogP contribution is -2.01. The van der Waals surface area contributed by atoms with Crippen LogP contribution in [0.25, 0.3) is 0 Å². The molecule has 0 aliphatic rings. The summed E-state index contributed by atoms with van der Waals surface area (Å²) in [6.45, 7) is 6.37. The highest BCUT2D eigenvalue weighted by Crippen LogP contribution is 2.37. The molecule has 0 spiro atoms. The second-order valence-electron chi connectivity index (χ2n) is 5.44. The van der Waals surface area contributed by atoms with E-state index in [0.29, 0.717) is 0 Å². The first-order valence-electron chi connectivity index (χ1n) is 6.96. The van der Waals surface area contributed by atoms with Crippen molar-refractivity contribution in [2.45, 2.75) is 32.0 Å². The number of hydrogen-bond donors (Lipinski definition) is 0. The molecule has 0 aromatic heterocycles. The average Bonchev–Trinajstić information content (AvgIpc) is 2.45. The minimum atomic E-state index is 0.227. The van der Waals surface area contributed by atoms with Gasteiger partial charge >= 0.3 is 0 Å². The molecule has 0 N–H and O–H groups in total. The van der Waals surface area contributed by atoms with E-state index in [1.54, 1.807) is 7.11 Å². The summed E-state index contributed by atoms with van der Waals surface area (Å²) in [5, 5.41) is 0. The van der Waals surface area contributed by atoms with E-state index in [9.17, 15) is 0 Å². The Balaban J connectivity index is 2.34. The van der Waals surface area contributed by atoms with Crippen LogP contribution in [0.3, 0.4) is 0 Å². The second kappa shape index (κ2) is 6.97. The molecule has 3 heteroatoms. The summed E-state index contributed by atoms with van der Waals surface area (Å²) in [6.07, 6.45) is 0.944. The summed E-state index contributed by atoms with van der Waals surface area (Å²) in [5.74, 6) is 0.933. The number of methoxy groups -OCH3 is 1. The highest BCUT2D eigenvalue weighted by Gasteiger charge is 2.16. The third kappa shape index (κ3) is 3.89. The largest absolute Gasteiger partial charge is 0.496 e. The van der Waals surface area contributed by atoms with Crippen LogP contribution in [0.15, 0.2) is 34.8 Å². The summed E-state index contributed by atoms with van der Waals surface area (Å²) in [6, 6.07) is 10.8. The highest BCUT2D eigenvalue weighted by atomic mass is 79.9. The van der Waals surface area contributed by atoms with Gasteiger partial charge in [0.2, 0.25) is 0 Å². The van der Waals surface area contributed by atoms with Gasteiger partial charge in [-0.3, -0.25) is 0 Å². The molecule has 2 rings (SSSR count). The number of aryl methyl sites for hydroxylation is 3. The quantitative estimate of drug-likeness (QED) is 0.555. The van der Waals surface area contributed by atoms with E-state index < -0.39 is 0 Å². The predicted molar refractivity (Wildman–Crippen MR) is 96.7 cm³/mol. The molecule has 0 bridgehead atoms. The Labute approximate surface area is 144 Å². The number of rotatable bonds is 4. The van der Waals surface area contributed by atoms with Gasteiger partial charge in [0.05, 0.1) is 7.11 Å². The van der Waals surface area contributed by atoms with Gasteiger partial charge in [0.15, 0.2) is 0 Å². The van der Waals surface area contributed by atoms with Gasteiger partial charge in [0.1, 0.15) is 5.75 Å².